The molecule has 1 aromatic heterocycles. The van der Waals surface area contributed by atoms with E-state index >= 15 is 0 Å². The highest BCUT2D eigenvalue weighted by molar-refractivity contribution is 7.07. The monoisotopic (exact) mass is 267 g/mol. The lowest BCUT2D eigenvalue weighted by molar-refractivity contribution is 0.971. The number of thiazole rings is 1. The molecule has 0 aliphatic rings. The summed E-state index contributed by atoms with van der Waals surface area (Å²) in [5.41, 5.74) is 3.31. The molecule has 3 rings (SSSR count). The van der Waals surface area contributed by atoms with Gasteiger partial charge in [0, 0.05) is 11.1 Å². The lowest BCUT2D eigenvalue weighted by Crippen LogP contribution is -2.15. The fraction of sp³-hybridized carbons (Fsp3) is 0. The number of nitrogens with zero attached hydrogens (tertiary/aromatic N) is 2. The Bertz CT molecular complexity index is 727. The summed E-state index contributed by atoms with van der Waals surface area (Å²) in [7, 11) is 0. The molecule has 2 N–H and O–H groups in total. The van der Waals surface area contributed by atoms with Crippen LogP contribution >= 0.6 is 11.3 Å². The van der Waals surface area contributed by atoms with E-state index in [9.17, 15) is 0 Å². The van der Waals surface area contributed by atoms with Gasteiger partial charge >= 0.3 is 0 Å². The van der Waals surface area contributed by atoms with Gasteiger partial charge in [-0.1, -0.05) is 48.5 Å². The second-order valence-corrected chi connectivity index (χ2v) is 4.91. The van der Waals surface area contributed by atoms with Gasteiger partial charge in [0.25, 0.3) is 0 Å². The summed E-state index contributed by atoms with van der Waals surface area (Å²) in [5.74, 6) is 5.49. The highest BCUT2D eigenvalue weighted by Crippen LogP contribution is 2.22. The first-order chi connectivity index (χ1) is 9.40. The molecule has 94 valence electrons. The van der Waals surface area contributed by atoms with Gasteiger partial charge in [-0.05, 0) is 17.7 Å². The quantitative estimate of drug-likeness (QED) is 0.563. The molecule has 0 aliphatic heterocycles. The molecule has 1 heterocycles. The predicted molar refractivity (Wildman–Crippen MR) is 78.8 cm³/mol. The highest BCUT2D eigenvalue weighted by atomic mass is 32.1. The van der Waals surface area contributed by atoms with Crippen molar-refractivity contribution in [1.82, 2.24) is 4.57 Å². The Hall–Kier alpha value is -2.33. The molecule has 4 heteroatoms. The van der Waals surface area contributed by atoms with E-state index in [2.05, 4.69) is 27.2 Å². The number of para-hydroxylation sites is 1. The van der Waals surface area contributed by atoms with Crippen molar-refractivity contribution in [3.05, 3.63) is 70.8 Å². The zero-order valence-electron chi connectivity index (χ0n) is 10.2. The normalized spacial score (nSPS) is 11.7. The summed E-state index contributed by atoms with van der Waals surface area (Å²) in [6.45, 7) is 0. The van der Waals surface area contributed by atoms with Crippen LogP contribution in [-0.2, 0) is 0 Å². The van der Waals surface area contributed by atoms with Crippen LogP contribution < -0.4 is 10.6 Å². The van der Waals surface area contributed by atoms with Crippen LogP contribution in [0.1, 0.15) is 0 Å². The van der Waals surface area contributed by atoms with E-state index in [1.165, 1.54) is 11.3 Å². The summed E-state index contributed by atoms with van der Waals surface area (Å²) >= 11 is 1.54. The zero-order chi connectivity index (χ0) is 13.1. The smallest absolute Gasteiger partial charge is 0.212 e. The van der Waals surface area contributed by atoms with Crippen molar-refractivity contribution >= 4 is 11.3 Å². The third-order valence-corrected chi connectivity index (χ3v) is 3.74. The average molecular weight is 267 g/mol. The molecule has 0 bridgehead atoms. The van der Waals surface area contributed by atoms with Crippen molar-refractivity contribution in [2.75, 3.05) is 0 Å². The lowest BCUT2D eigenvalue weighted by atomic mass is 10.1. The second kappa shape index (κ2) is 5.12. The van der Waals surface area contributed by atoms with E-state index in [1.807, 2.05) is 48.5 Å². The summed E-state index contributed by atoms with van der Waals surface area (Å²) in [4.78, 5) is 0.782. The van der Waals surface area contributed by atoms with Gasteiger partial charge in [-0.3, -0.25) is 4.57 Å². The van der Waals surface area contributed by atoms with E-state index < -0.39 is 0 Å². The summed E-state index contributed by atoms with van der Waals surface area (Å²) in [6, 6.07) is 20.4. The molecule has 0 unspecified atom stereocenters. The van der Waals surface area contributed by atoms with E-state index in [1.54, 1.807) is 0 Å². The fourth-order valence-electron chi connectivity index (χ4n) is 2.04. The van der Waals surface area contributed by atoms with E-state index in [0.29, 0.717) is 0 Å². The SMILES string of the molecule is N/N=c1\scc(-c2ccccc2)n1-c1ccccc1. The van der Waals surface area contributed by atoms with Crippen molar-refractivity contribution in [3.8, 4) is 16.9 Å². The third kappa shape index (κ3) is 2.18. The Morgan fingerprint density at radius 2 is 1.53 bits per heavy atom. The van der Waals surface area contributed by atoms with E-state index in [0.717, 1.165) is 21.7 Å². The standard InChI is InChI=1S/C15H13N3S/c16-17-15-18(13-9-5-2-6-10-13)14(11-19-15)12-7-3-1-4-8-12/h1-11H,16H2/b17-15-. The van der Waals surface area contributed by atoms with Gasteiger partial charge in [0.15, 0.2) is 0 Å². The molecule has 3 nitrogen and oxygen atoms in total. The first kappa shape index (κ1) is 11.7. The highest BCUT2D eigenvalue weighted by Gasteiger charge is 2.08. The Labute approximate surface area is 115 Å². The van der Waals surface area contributed by atoms with Gasteiger partial charge < -0.3 is 5.84 Å². The topological polar surface area (TPSA) is 43.3 Å². The van der Waals surface area contributed by atoms with Crippen LogP contribution in [0, 0.1) is 0 Å². The van der Waals surface area contributed by atoms with Crippen LogP contribution in [0.4, 0.5) is 0 Å². The molecule has 0 aliphatic carbocycles. The molecule has 0 radical (unpaired) electrons. The maximum atomic E-state index is 5.49. The third-order valence-electron chi connectivity index (χ3n) is 2.90. The molecule has 0 atom stereocenters. The Balaban J connectivity index is 2.26. The van der Waals surface area contributed by atoms with Crippen LogP contribution in [0.2, 0.25) is 0 Å². The molecule has 19 heavy (non-hydrogen) atoms. The van der Waals surface area contributed by atoms with Crippen LogP contribution in [0.25, 0.3) is 16.9 Å². The maximum absolute atomic E-state index is 5.49. The van der Waals surface area contributed by atoms with Gasteiger partial charge in [0.2, 0.25) is 4.80 Å². The van der Waals surface area contributed by atoms with Gasteiger partial charge in [-0.25, -0.2) is 0 Å². The summed E-state index contributed by atoms with van der Waals surface area (Å²) in [6.07, 6.45) is 0. The molecule has 0 saturated heterocycles. The molecule has 0 fully saturated rings. The minimum atomic E-state index is 0.782. The second-order valence-electron chi connectivity index (χ2n) is 4.07. The summed E-state index contributed by atoms with van der Waals surface area (Å²) < 4.78 is 2.07. The molecular weight excluding hydrogens is 254 g/mol. The van der Waals surface area contributed by atoms with Crippen molar-refractivity contribution in [2.45, 2.75) is 0 Å². The molecule has 2 aromatic carbocycles. The van der Waals surface area contributed by atoms with Crippen molar-refractivity contribution in [2.24, 2.45) is 10.9 Å². The van der Waals surface area contributed by atoms with Crippen LogP contribution in [-0.4, -0.2) is 4.57 Å². The Kier molecular flexibility index (Phi) is 3.16. The van der Waals surface area contributed by atoms with Crippen molar-refractivity contribution < 1.29 is 0 Å². The van der Waals surface area contributed by atoms with Crippen LogP contribution in [0.15, 0.2) is 71.1 Å². The number of hydrogen-bond acceptors (Lipinski definition) is 3. The Morgan fingerprint density at radius 1 is 0.895 bits per heavy atom. The van der Waals surface area contributed by atoms with Crippen LogP contribution in [0.5, 0.6) is 0 Å². The minimum Gasteiger partial charge on any atom is -0.320 e. The molecular formula is C15H13N3S. The number of benzene rings is 2. The van der Waals surface area contributed by atoms with Gasteiger partial charge in [-0.2, -0.15) is 5.10 Å². The van der Waals surface area contributed by atoms with E-state index in [-0.39, 0.29) is 0 Å². The average Bonchev–Trinajstić information content (AvgIpc) is 2.93. The number of nitrogens with two attached hydrogens (primary N) is 1. The van der Waals surface area contributed by atoms with Crippen molar-refractivity contribution in [1.29, 1.82) is 0 Å². The molecule has 0 spiro atoms. The molecule has 0 amide bonds. The number of rotatable bonds is 2. The number of aromatic nitrogens is 1. The first-order valence-corrected chi connectivity index (χ1v) is 6.83. The van der Waals surface area contributed by atoms with Gasteiger partial charge in [0.1, 0.15) is 0 Å². The largest absolute Gasteiger partial charge is 0.320 e. The lowest BCUT2D eigenvalue weighted by Gasteiger charge is -2.08. The molecule has 3 aromatic rings. The zero-order valence-corrected chi connectivity index (χ0v) is 11.0. The fourth-order valence-corrected chi connectivity index (χ4v) is 2.87. The van der Waals surface area contributed by atoms with Crippen molar-refractivity contribution in [3.63, 3.8) is 0 Å². The number of hydrogen-bond donors (Lipinski definition) is 1. The predicted octanol–water partition coefficient (Wildman–Crippen LogP) is 2.98. The minimum absolute atomic E-state index is 0.782. The molecule has 0 saturated carbocycles. The van der Waals surface area contributed by atoms with Gasteiger partial charge in [0.05, 0.1) is 5.69 Å². The van der Waals surface area contributed by atoms with Gasteiger partial charge in [-0.15, -0.1) is 11.3 Å². The summed E-state index contributed by atoms with van der Waals surface area (Å²) in [5, 5.41) is 5.95. The Morgan fingerprint density at radius 3 is 2.16 bits per heavy atom. The first-order valence-electron chi connectivity index (χ1n) is 5.95. The van der Waals surface area contributed by atoms with Crippen LogP contribution in [0.3, 0.4) is 0 Å². The maximum Gasteiger partial charge on any atom is 0.212 e. The van der Waals surface area contributed by atoms with E-state index in [4.69, 9.17) is 5.84 Å².